The number of benzene rings is 1. The minimum absolute atomic E-state index is 0.531. The monoisotopic (exact) mass is 366 g/mol. The number of rotatable bonds is 3. The van der Waals surface area contributed by atoms with Crippen LogP contribution in [0.3, 0.4) is 0 Å². The number of hydrogen-bond donors (Lipinski definition) is 1. The molecule has 0 unspecified atom stereocenters. The molecule has 0 aliphatic carbocycles. The van der Waals surface area contributed by atoms with Crippen LogP contribution >= 0.6 is 15.9 Å². The van der Waals surface area contributed by atoms with Gasteiger partial charge >= 0.3 is 0 Å². The summed E-state index contributed by atoms with van der Waals surface area (Å²) in [7, 11) is 0. The topological polar surface area (TPSA) is 68.0 Å². The third-order valence-corrected chi connectivity index (χ3v) is 3.84. The Labute approximate surface area is 140 Å². The third kappa shape index (κ3) is 2.78. The lowest BCUT2D eigenvalue weighted by molar-refractivity contribution is 1.09. The van der Waals surface area contributed by atoms with Gasteiger partial charge in [-0.3, -0.25) is 4.40 Å². The molecule has 4 rings (SSSR count). The van der Waals surface area contributed by atoms with Crippen LogP contribution in [-0.2, 0) is 0 Å². The fraction of sp³-hybridized carbons (Fsp3) is 0. The number of nitrogens with one attached hydrogen (secondary N) is 1. The molecular weight excluding hydrogens is 356 g/mol. The quantitative estimate of drug-likeness (QED) is 0.598. The van der Waals surface area contributed by atoms with E-state index in [9.17, 15) is 0 Å². The smallest absolute Gasteiger partial charge is 0.234 e. The molecule has 112 valence electrons. The minimum atomic E-state index is 0.531. The van der Waals surface area contributed by atoms with Gasteiger partial charge in [0.25, 0.3) is 0 Å². The van der Waals surface area contributed by atoms with Crippen LogP contribution in [0, 0.1) is 0 Å². The van der Waals surface area contributed by atoms with Gasteiger partial charge in [0.2, 0.25) is 11.7 Å². The average Bonchev–Trinajstić information content (AvgIpc) is 3.01. The number of hydrogen-bond acceptors (Lipinski definition) is 5. The van der Waals surface area contributed by atoms with Crippen molar-refractivity contribution in [3.05, 3.63) is 65.7 Å². The summed E-state index contributed by atoms with van der Waals surface area (Å²) in [5.41, 5.74) is 2.57. The highest BCUT2D eigenvalue weighted by Crippen LogP contribution is 2.21. The average molecular weight is 367 g/mol. The molecular formula is C16H11BrN6. The van der Waals surface area contributed by atoms with Gasteiger partial charge in [0, 0.05) is 28.8 Å². The van der Waals surface area contributed by atoms with Crippen LogP contribution in [0.5, 0.6) is 0 Å². The molecule has 0 saturated heterocycles. The van der Waals surface area contributed by atoms with Gasteiger partial charge in [-0.05, 0) is 36.4 Å². The van der Waals surface area contributed by atoms with Crippen LogP contribution in [0.1, 0.15) is 0 Å². The maximum absolute atomic E-state index is 4.56. The first-order valence-electron chi connectivity index (χ1n) is 6.94. The zero-order valence-corrected chi connectivity index (χ0v) is 13.5. The first kappa shape index (κ1) is 13.8. The van der Waals surface area contributed by atoms with E-state index >= 15 is 0 Å². The fourth-order valence-corrected chi connectivity index (χ4v) is 2.51. The molecule has 7 heteroatoms. The number of fused-ring (bicyclic) bond motifs is 1. The number of imidazole rings is 1. The van der Waals surface area contributed by atoms with Gasteiger partial charge in [0.1, 0.15) is 0 Å². The van der Waals surface area contributed by atoms with Gasteiger partial charge in [-0.25, -0.2) is 19.9 Å². The molecule has 6 nitrogen and oxygen atoms in total. The van der Waals surface area contributed by atoms with Crippen LogP contribution in [-0.4, -0.2) is 24.3 Å². The van der Waals surface area contributed by atoms with Crippen molar-refractivity contribution < 1.29 is 0 Å². The van der Waals surface area contributed by atoms with Gasteiger partial charge in [-0.2, -0.15) is 0 Å². The lowest BCUT2D eigenvalue weighted by Crippen LogP contribution is -1.99. The Morgan fingerprint density at radius 1 is 0.957 bits per heavy atom. The summed E-state index contributed by atoms with van der Waals surface area (Å²) >= 11 is 3.42. The Balaban J connectivity index is 1.70. The Morgan fingerprint density at radius 3 is 2.70 bits per heavy atom. The normalized spacial score (nSPS) is 10.8. The third-order valence-electron chi connectivity index (χ3n) is 3.31. The SMILES string of the molecule is Brc1ccc(Nc2nccc(-c3cnc4ncccn34)n2)cc1. The van der Waals surface area contributed by atoms with Crippen LogP contribution in [0.25, 0.3) is 17.2 Å². The van der Waals surface area contributed by atoms with Crippen LogP contribution < -0.4 is 5.32 Å². The van der Waals surface area contributed by atoms with E-state index in [0.717, 1.165) is 21.5 Å². The first-order chi connectivity index (χ1) is 11.3. The van der Waals surface area contributed by atoms with Crippen molar-refractivity contribution in [3.63, 3.8) is 0 Å². The van der Waals surface area contributed by atoms with Gasteiger partial charge in [0.05, 0.1) is 17.6 Å². The van der Waals surface area contributed by atoms with Gasteiger partial charge in [-0.1, -0.05) is 15.9 Å². The molecule has 0 atom stereocenters. The molecule has 0 spiro atoms. The molecule has 3 aromatic heterocycles. The van der Waals surface area contributed by atoms with E-state index in [1.165, 1.54) is 0 Å². The minimum Gasteiger partial charge on any atom is -0.324 e. The van der Waals surface area contributed by atoms with Crippen LogP contribution in [0.15, 0.2) is 65.7 Å². The molecule has 23 heavy (non-hydrogen) atoms. The molecule has 1 aromatic carbocycles. The molecule has 0 saturated carbocycles. The zero-order chi connectivity index (χ0) is 15.6. The summed E-state index contributed by atoms with van der Waals surface area (Å²) in [6.07, 6.45) is 7.11. The largest absolute Gasteiger partial charge is 0.324 e. The van der Waals surface area contributed by atoms with Gasteiger partial charge in [-0.15, -0.1) is 0 Å². The summed E-state index contributed by atoms with van der Waals surface area (Å²) in [5.74, 6) is 1.17. The molecule has 0 amide bonds. The summed E-state index contributed by atoms with van der Waals surface area (Å²) in [6, 6.07) is 11.5. The fourth-order valence-electron chi connectivity index (χ4n) is 2.24. The van der Waals surface area contributed by atoms with Crippen molar-refractivity contribution in [2.24, 2.45) is 0 Å². The van der Waals surface area contributed by atoms with E-state index in [-0.39, 0.29) is 0 Å². The second-order valence-corrected chi connectivity index (χ2v) is 5.75. The molecule has 0 radical (unpaired) electrons. The van der Waals surface area contributed by atoms with E-state index in [1.807, 2.05) is 47.0 Å². The second kappa shape index (κ2) is 5.77. The van der Waals surface area contributed by atoms with Gasteiger partial charge < -0.3 is 5.32 Å². The predicted octanol–water partition coefficient (Wildman–Crippen LogP) is 3.69. The van der Waals surface area contributed by atoms with Crippen molar-refractivity contribution in [2.75, 3.05) is 5.32 Å². The Bertz CT molecular complexity index is 964. The van der Waals surface area contributed by atoms with Crippen molar-refractivity contribution in [1.29, 1.82) is 0 Å². The van der Waals surface area contributed by atoms with E-state index < -0.39 is 0 Å². The maximum Gasteiger partial charge on any atom is 0.234 e. The van der Waals surface area contributed by atoms with Crippen LogP contribution in [0.4, 0.5) is 11.6 Å². The van der Waals surface area contributed by atoms with E-state index in [2.05, 4.69) is 41.2 Å². The Hall–Kier alpha value is -2.80. The molecule has 0 bridgehead atoms. The molecule has 0 aliphatic rings. The molecule has 1 N–H and O–H groups in total. The standard InChI is InChI=1S/C16H11BrN6/c17-11-2-4-12(5-3-11)21-15-18-8-6-13(22-15)14-10-20-16-19-7-1-9-23(14)16/h1-10H,(H,18,21,22). The summed E-state index contributed by atoms with van der Waals surface area (Å²) in [6.45, 7) is 0. The highest BCUT2D eigenvalue weighted by Gasteiger charge is 2.08. The number of halogens is 1. The highest BCUT2D eigenvalue weighted by atomic mass is 79.9. The lowest BCUT2D eigenvalue weighted by Gasteiger charge is -2.06. The molecule has 0 fully saturated rings. The summed E-state index contributed by atoms with van der Waals surface area (Å²) in [5, 5.41) is 3.19. The number of aromatic nitrogens is 5. The van der Waals surface area contributed by atoms with E-state index in [1.54, 1.807) is 18.6 Å². The molecule has 4 aromatic rings. The summed E-state index contributed by atoms with van der Waals surface area (Å²) in [4.78, 5) is 17.3. The lowest BCUT2D eigenvalue weighted by atomic mass is 10.3. The number of anilines is 2. The first-order valence-corrected chi connectivity index (χ1v) is 7.73. The van der Waals surface area contributed by atoms with Crippen molar-refractivity contribution in [3.8, 4) is 11.4 Å². The highest BCUT2D eigenvalue weighted by molar-refractivity contribution is 9.10. The summed E-state index contributed by atoms with van der Waals surface area (Å²) < 4.78 is 2.92. The predicted molar refractivity (Wildman–Crippen MR) is 91.4 cm³/mol. The number of nitrogens with zero attached hydrogens (tertiary/aromatic N) is 5. The Kier molecular flexibility index (Phi) is 3.47. The maximum atomic E-state index is 4.56. The zero-order valence-electron chi connectivity index (χ0n) is 11.9. The molecule has 0 aliphatic heterocycles. The Morgan fingerprint density at radius 2 is 1.83 bits per heavy atom. The van der Waals surface area contributed by atoms with E-state index in [0.29, 0.717) is 11.7 Å². The van der Waals surface area contributed by atoms with Crippen molar-refractivity contribution >= 4 is 33.3 Å². The van der Waals surface area contributed by atoms with Crippen molar-refractivity contribution in [1.82, 2.24) is 24.3 Å². The second-order valence-electron chi connectivity index (χ2n) is 4.83. The van der Waals surface area contributed by atoms with Crippen molar-refractivity contribution in [2.45, 2.75) is 0 Å². The van der Waals surface area contributed by atoms with Crippen LogP contribution in [0.2, 0.25) is 0 Å². The van der Waals surface area contributed by atoms with Gasteiger partial charge in [0.15, 0.2) is 0 Å². The van der Waals surface area contributed by atoms with E-state index in [4.69, 9.17) is 0 Å². The molecule has 3 heterocycles.